The highest BCUT2D eigenvalue weighted by atomic mass is 35.5. The predicted octanol–water partition coefficient (Wildman–Crippen LogP) is 6.03. The molecule has 3 aromatic rings. The smallest absolute Gasteiger partial charge is 0.115 e. The lowest BCUT2D eigenvalue weighted by atomic mass is 10.1. The Morgan fingerprint density at radius 2 is 1.38 bits per heavy atom. The summed E-state index contributed by atoms with van der Waals surface area (Å²) in [6, 6.07) is 26.0. The van der Waals surface area contributed by atoms with Crippen LogP contribution in [-0.2, 0) is 0 Å². The zero-order valence-corrected chi connectivity index (χ0v) is 15.2. The molecule has 0 aliphatic carbocycles. The van der Waals surface area contributed by atoms with E-state index in [0.717, 1.165) is 39.2 Å². The number of anilines is 1. The average molecular weight is 360 g/mol. The molecule has 0 bridgehead atoms. The molecule has 0 saturated carbocycles. The predicted molar refractivity (Wildman–Crippen MR) is 111 cm³/mol. The fourth-order valence-electron chi connectivity index (χ4n) is 2.97. The number of hydrogen-bond acceptors (Lipinski definition) is 3. The molecule has 128 valence electrons. The fourth-order valence-corrected chi connectivity index (χ4v) is 3.10. The van der Waals surface area contributed by atoms with Crippen LogP contribution in [0.25, 0.3) is 0 Å². The fraction of sp³-hybridized carbons (Fsp3) is 0.0909. The molecule has 3 aromatic carbocycles. The highest BCUT2D eigenvalue weighted by Gasteiger charge is 2.18. The third-order valence-electron chi connectivity index (χ3n) is 4.42. The molecule has 0 amide bonds. The van der Waals surface area contributed by atoms with Gasteiger partial charge in [0.2, 0.25) is 0 Å². The maximum absolute atomic E-state index is 6.05. The molecule has 0 saturated heterocycles. The van der Waals surface area contributed by atoms with Crippen LogP contribution in [0.15, 0.2) is 88.8 Å². The lowest BCUT2D eigenvalue weighted by Gasteiger charge is -2.21. The van der Waals surface area contributed by atoms with E-state index in [1.54, 1.807) is 0 Å². The van der Waals surface area contributed by atoms with Gasteiger partial charge in [-0.05, 0) is 42.0 Å². The maximum Gasteiger partial charge on any atom is 0.115 e. The van der Waals surface area contributed by atoms with Gasteiger partial charge in [-0.1, -0.05) is 54.1 Å². The average Bonchev–Trinajstić information content (AvgIpc) is 2.88. The number of rotatable bonds is 2. The van der Waals surface area contributed by atoms with Crippen molar-refractivity contribution in [2.24, 2.45) is 9.98 Å². The minimum absolute atomic E-state index is 0.641. The Labute approximate surface area is 158 Å². The van der Waals surface area contributed by atoms with Crippen molar-refractivity contribution in [3.05, 3.63) is 89.4 Å². The van der Waals surface area contributed by atoms with Crippen molar-refractivity contribution >= 4 is 40.2 Å². The summed E-state index contributed by atoms with van der Waals surface area (Å²) in [6.07, 6.45) is 0.641. The highest BCUT2D eigenvalue weighted by Crippen LogP contribution is 2.32. The number of halogens is 1. The van der Waals surface area contributed by atoms with Gasteiger partial charge in [0.1, 0.15) is 5.84 Å². The summed E-state index contributed by atoms with van der Waals surface area (Å²) in [5, 5.41) is 0.721. The van der Waals surface area contributed by atoms with Gasteiger partial charge in [-0.2, -0.15) is 0 Å². The molecule has 1 aliphatic heterocycles. The Morgan fingerprint density at radius 3 is 2.08 bits per heavy atom. The van der Waals surface area contributed by atoms with E-state index in [1.165, 1.54) is 0 Å². The van der Waals surface area contributed by atoms with Gasteiger partial charge in [-0.15, -0.1) is 0 Å². The first-order valence-corrected chi connectivity index (χ1v) is 8.87. The summed E-state index contributed by atoms with van der Waals surface area (Å²) in [7, 11) is 2.04. The molecular weight excluding hydrogens is 342 g/mol. The number of benzene rings is 3. The zero-order valence-electron chi connectivity index (χ0n) is 14.4. The minimum Gasteiger partial charge on any atom is -0.333 e. The summed E-state index contributed by atoms with van der Waals surface area (Å²) in [5.41, 5.74) is 4.90. The first-order valence-electron chi connectivity index (χ1n) is 8.49. The van der Waals surface area contributed by atoms with Crippen molar-refractivity contribution in [3.63, 3.8) is 0 Å². The summed E-state index contributed by atoms with van der Waals surface area (Å²) in [5.74, 6) is 0.954. The second kappa shape index (κ2) is 7.14. The Bertz CT molecular complexity index is 976. The largest absolute Gasteiger partial charge is 0.333 e. The van der Waals surface area contributed by atoms with Crippen molar-refractivity contribution in [3.8, 4) is 0 Å². The van der Waals surface area contributed by atoms with E-state index in [1.807, 2.05) is 73.8 Å². The third-order valence-corrected chi connectivity index (χ3v) is 4.67. The van der Waals surface area contributed by atoms with Gasteiger partial charge in [0.25, 0.3) is 0 Å². The molecule has 0 N–H and O–H groups in total. The summed E-state index contributed by atoms with van der Waals surface area (Å²) < 4.78 is 0. The molecule has 0 atom stereocenters. The van der Waals surface area contributed by atoms with Crippen LogP contribution in [-0.4, -0.2) is 18.6 Å². The number of hydrogen-bond donors (Lipinski definition) is 0. The third kappa shape index (κ3) is 3.39. The van der Waals surface area contributed by atoms with Gasteiger partial charge in [0.05, 0.1) is 17.1 Å². The summed E-state index contributed by atoms with van der Waals surface area (Å²) >= 11 is 6.05. The Kier molecular flexibility index (Phi) is 4.55. The quantitative estimate of drug-likeness (QED) is 0.549. The van der Waals surface area contributed by atoms with E-state index in [0.29, 0.717) is 6.42 Å². The normalized spacial score (nSPS) is 13.3. The van der Waals surface area contributed by atoms with Crippen LogP contribution >= 0.6 is 11.6 Å². The second-order valence-corrected chi connectivity index (χ2v) is 6.59. The Morgan fingerprint density at radius 1 is 0.769 bits per heavy atom. The van der Waals surface area contributed by atoms with Crippen LogP contribution in [0.3, 0.4) is 0 Å². The van der Waals surface area contributed by atoms with Gasteiger partial charge < -0.3 is 4.90 Å². The lowest BCUT2D eigenvalue weighted by molar-refractivity contribution is 1.21. The van der Waals surface area contributed by atoms with E-state index in [4.69, 9.17) is 21.6 Å². The maximum atomic E-state index is 6.05. The van der Waals surface area contributed by atoms with Crippen LogP contribution in [0.5, 0.6) is 0 Å². The van der Waals surface area contributed by atoms with Crippen molar-refractivity contribution in [2.45, 2.75) is 6.42 Å². The molecular formula is C22H18ClN3. The minimum atomic E-state index is 0.641. The van der Waals surface area contributed by atoms with Gasteiger partial charge >= 0.3 is 0 Å². The molecule has 0 unspecified atom stereocenters. The van der Waals surface area contributed by atoms with Crippen molar-refractivity contribution < 1.29 is 0 Å². The molecule has 0 radical (unpaired) electrons. The topological polar surface area (TPSA) is 28.0 Å². The van der Waals surface area contributed by atoms with E-state index in [9.17, 15) is 0 Å². The van der Waals surface area contributed by atoms with Gasteiger partial charge in [-0.3, -0.25) is 4.99 Å². The van der Waals surface area contributed by atoms with E-state index in [-0.39, 0.29) is 0 Å². The van der Waals surface area contributed by atoms with Crippen LogP contribution in [0, 0.1) is 0 Å². The standard InChI is InChI=1S/C22H18ClN3/c1-26(18-7-3-2-4-8-18)22-15-21(16-11-13-17(23)14-12-16)24-19-9-5-6-10-20(19)25-22/h2-14H,15H2,1H3. The molecule has 3 nitrogen and oxygen atoms in total. The molecule has 1 aliphatic rings. The molecule has 1 heterocycles. The Balaban J connectivity index is 1.80. The first kappa shape index (κ1) is 16.6. The SMILES string of the molecule is CN(C1=Nc2ccccc2N=C(c2ccc(Cl)cc2)C1)c1ccccc1. The Hall–Kier alpha value is -2.91. The lowest BCUT2D eigenvalue weighted by Crippen LogP contribution is -2.28. The van der Waals surface area contributed by atoms with Gasteiger partial charge in [0.15, 0.2) is 0 Å². The highest BCUT2D eigenvalue weighted by molar-refractivity contribution is 6.30. The van der Waals surface area contributed by atoms with E-state index >= 15 is 0 Å². The van der Waals surface area contributed by atoms with Gasteiger partial charge in [-0.25, -0.2) is 4.99 Å². The van der Waals surface area contributed by atoms with E-state index < -0.39 is 0 Å². The number of aliphatic imine (C=N–C) groups is 2. The molecule has 0 fully saturated rings. The second-order valence-electron chi connectivity index (χ2n) is 6.15. The van der Waals surface area contributed by atoms with Crippen LogP contribution < -0.4 is 4.90 Å². The van der Waals surface area contributed by atoms with Crippen molar-refractivity contribution in [2.75, 3.05) is 11.9 Å². The molecule has 4 rings (SSSR count). The van der Waals surface area contributed by atoms with Gasteiger partial charge in [0, 0.05) is 24.2 Å². The number of amidine groups is 1. The monoisotopic (exact) mass is 359 g/mol. The van der Waals surface area contributed by atoms with Crippen LogP contribution in [0.1, 0.15) is 12.0 Å². The van der Waals surface area contributed by atoms with Crippen molar-refractivity contribution in [1.82, 2.24) is 0 Å². The summed E-state index contributed by atoms with van der Waals surface area (Å²) in [4.78, 5) is 11.9. The number of para-hydroxylation sites is 3. The molecule has 26 heavy (non-hydrogen) atoms. The zero-order chi connectivity index (χ0) is 17.9. The van der Waals surface area contributed by atoms with Crippen LogP contribution in [0.4, 0.5) is 17.1 Å². The van der Waals surface area contributed by atoms with Crippen LogP contribution in [0.2, 0.25) is 5.02 Å². The first-order chi connectivity index (χ1) is 12.7. The van der Waals surface area contributed by atoms with Crippen molar-refractivity contribution in [1.29, 1.82) is 0 Å². The number of fused-ring (bicyclic) bond motifs is 1. The summed E-state index contributed by atoms with van der Waals surface area (Å²) in [6.45, 7) is 0. The number of nitrogens with zero attached hydrogens (tertiary/aromatic N) is 3. The van der Waals surface area contributed by atoms with E-state index in [2.05, 4.69) is 17.0 Å². The molecule has 0 spiro atoms. The molecule has 0 aromatic heterocycles. The molecule has 4 heteroatoms.